The lowest BCUT2D eigenvalue weighted by Crippen LogP contribution is -2.14. The van der Waals surface area contributed by atoms with Gasteiger partial charge in [-0.25, -0.2) is 4.98 Å². The van der Waals surface area contributed by atoms with E-state index in [-0.39, 0.29) is 17.4 Å². The number of nitrogens with two attached hydrogens (primary N) is 2. The molecule has 120 valence electrons. The van der Waals surface area contributed by atoms with E-state index in [1.807, 2.05) is 30.3 Å². The highest BCUT2D eigenvalue weighted by Crippen LogP contribution is 2.27. The lowest BCUT2D eigenvalue weighted by Gasteiger charge is -2.09. The summed E-state index contributed by atoms with van der Waals surface area (Å²) in [6.07, 6.45) is 1.23. The topological polar surface area (TPSA) is 113 Å². The molecule has 2 aromatic carbocycles. The standard InChI is InChI=1S/C17H14N4O3/c18-15(22)14-10-20-17(19)21-16(14)24-13-8-6-12(7-9-13)23-11-4-2-1-3-5-11/h1-10H,(H2,18,22)(H2,19,20,21). The Morgan fingerprint density at radius 1 is 0.875 bits per heavy atom. The average Bonchev–Trinajstić information content (AvgIpc) is 2.57. The van der Waals surface area contributed by atoms with Gasteiger partial charge in [0.1, 0.15) is 22.8 Å². The van der Waals surface area contributed by atoms with Gasteiger partial charge in [-0.05, 0) is 36.4 Å². The number of aromatic nitrogens is 2. The summed E-state index contributed by atoms with van der Waals surface area (Å²) in [4.78, 5) is 19.0. The Balaban J connectivity index is 1.77. The zero-order chi connectivity index (χ0) is 16.9. The number of hydrogen-bond donors (Lipinski definition) is 2. The highest BCUT2D eigenvalue weighted by atomic mass is 16.5. The molecule has 0 unspecified atom stereocenters. The van der Waals surface area contributed by atoms with Crippen LogP contribution in [0, 0.1) is 0 Å². The van der Waals surface area contributed by atoms with Gasteiger partial charge in [-0.15, -0.1) is 0 Å². The first-order valence-corrected chi connectivity index (χ1v) is 7.05. The first-order chi connectivity index (χ1) is 11.6. The van der Waals surface area contributed by atoms with E-state index >= 15 is 0 Å². The van der Waals surface area contributed by atoms with Crippen LogP contribution in [0.2, 0.25) is 0 Å². The van der Waals surface area contributed by atoms with Crippen molar-refractivity contribution in [1.29, 1.82) is 0 Å². The van der Waals surface area contributed by atoms with Crippen molar-refractivity contribution in [3.8, 4) is 23.1 Å². The molecule has 1 aromatic heterocycles. The summed E-state index contributed by atoms with van der Waals surface area (Å²) in [6, 6.07) is 16.2. The van der Waals surface area contributed by atoms with Crippen molar-refractivity contribution in [2.45, 2.75) is 0 Å². The first kappa shape index (κ1) is 15.3. The van der Waals surface area contributed by atoms with Crippen molar-refractivity contribution in [3.05, 3.63) is 66.4 Å². The number of rotatable bonds is 5. The number of benzene rings is 2. The minimum atomic E-state index is -0.700. The van der Waals surface area contributed by atoms with Crippen LogP contribution in [-0.2, 0) is 0 Å². The maximum Gasteiger partial charge on any atom is 0.255 e. The van der Waals surface area contributed by atoms with Gasteiger partial charge in [-0.2, -0.15) is 4.98 Å². The Morgan fingerprint density at radius 2 is 1.46 bits per heavy atom. The molecule has 0 spiro atoms. The van der Waals surface area contributed by atoms with Crippen LogP contribution in [0.1, 0.15) is 10.4 Å². The summed E-state index contributed by atoms with van der Waals surface area (Å²) in [5.41, 5.74) is 10.8. The monoisotopic (exact) mass is 322 g/mol. The Bertz CT molecular complexity index is 851. The van der Waals surface area contributed by atoms with Gasteiger partial charge in [0.2, 0.25) is 11.8 Å². The molecule has 0 saturated heterocycles. The van der Waals surface area contributed by atoms with Crippen LogP contribution in [0.5, 0.6) is 23.1 Å². The van der Waals surface area contributed by atoms with E-state index in [1.54, 1.807) is 24.3 Å². The highest BCUT2D eigenvalue weighted by molar-refractivity contribution is 5.94. The van der Waals surface area contributed by atoms with Crippen LogP contribution >= 0.6 is 0 Å². The number of para-hydroxylation sites is 1. The molecule has 0 fully saturated rings. The summed E-state index contributed by atoms with van der Waals surface area (Å²) in [5, 5.41) is 0. The van der Waals surface area contributed by atoms with Crippen LogP contribution < -0.4 is 20.9 Å². The maximum absolute atomic E-state index is 11.4. The van der Waals surface area contributed by atoms with Gasteiger partial charge >= 0.3 is 0 Å². The van der Waals surface area contributed by atoms with Crippen molar-refractivity contribution in [2.24, 2.45) is 5.73 Å². The molecular formula is C17H14N4O3. The lowest BCUT2D eigenvalue weighted by molar-refractivity contribution is 0.0997. The third-order valence-electron chi connectivity index (χ3n) is 3.06. The summed E-state index contributed by atoms with van der Waals surface area (Å²) in [7, 11) is 0. The normalized spacial score (nSPS) is 10.2. The molecule has 0 atom stereocenters. The second kappa shape index (κ2) is 6.66. The quantitative estimate of drug-likeness (QED) is 0.746. The molecular weight excluding hydrogens is 308 g/mol. The van der Waals surface area contributed by atoms with E-state index < -0.39 is 5.91 Å². The Labute approximate surface area is 137 Å². The molecule has 3 rings (SSSR count). The van der Waals surface area contributed by atoms with E-state index in [4.69, 9.17) is 20.9 Å². The third-order valence-corrected chi connectivity index (χ3v) is 3.06. The molecule has 1 amide bonds. The van der Waals surface area contributed by atoms with Crippen LogP contribution in [-0.4, -0.2) is 15.9 Å². The molecule has 1 heterocycles. The van der Waals surface area contributed by atoms with Gasteiger partial charge in [0.25, 0.3) is 5.91 Å². The van der Waals surface area contributed by atoms with Crippen molar-refractivity contribution in [1.82, 2.24) is 9.97 Å². The number of primary amides is 1. The van der Waals surface area contributed by atoms with E-state index in [9.17, 15) is 4.79 Å². The van der Waals surface area contributed by atoms with Crippen molar-refractivity contribution < 1.29 is 14.3 Å². The van der Waals surface area contributed by atoms with E-state index in [1.165, 1.54) is 6.20 Å². The van der Waals surface area contributed by atoms with E-state index in [2.05, 4.69) is 9.97 Å². The fourth-order valence-electron chi connectivity index (χ4n) is 1.94. The average molecular weight is 322 g/mol. The number of hydrogen-bond acceptors (Lipinski definition) is 6. The fraction of sp³-hybridized carbons (Fsp3) is 0. The number of amides is 1. The molecule has 4 N–H and O–H groups in total. The smallest absolute Gasteiger partial charge is 0.255 e. The molecule has 0 bridgehead atoms. The Kier molecular flexibility index (Phi) is 4.24. The lowest BCUT2D eigenvalue weighted by atomic mass is 10.3. The van der Waals surface area contributed by atoms with Crippen molar-refractivity contribution >= 4 is 11.9 Å². The minimum Gasteiger partial charge on any atom is -0.457 e. The van der Waals surface area contributed by atoms with Crippen LogP contribution in [0.3, 0.4) is 0 Å². The van der Waals surface area contributed by atoms with Crippen LogP contribution in [0.15, 0.2) is 60.8 Å². The number of anilines is 1. The van der Waals surface area contributed by atoms with Crippen LogP contribution in [0.4, 0.5) is 5.95 Å². The molecule has 0 aliphatic carbocycles. The third kappa shape index (κ3) is 3.58. The van der Waals surface area contributed by atoms with Gasteiger partial charge in [-0.3, -0.25) is 4.79 Å². The predicted molar refractivity (Wildman–Crippen MR) is 88.0 cm³/mol. The molecule has 0 aliphatic heterocycles. The SMILES string of the molecule is NC(=O)c1cnc(N)nc1Oc1ccc(Oc2ccccc2)cc1. The second-order valence-electron chi connectivity index (χ2n) is 4.80. The molecule has 0 aliphatic rings. The molecule has 0 radical (unpaired) electrons. The number of carbonyl (C=O) groups is 1. The van der Waals surface area contributed by atoms with E-state index in [0.717, 1.165) is 5.75 Å². The number of carbonyl (C=O) groups excluding carboxylic acids is 1. The zero-order valence-electron chi connectivity index (χ0n) is 12.5. The number of nitrogens with zero attached hydrogens (tertiary/aromatic N) is 2. The second-order valence-corrected chi connectivity index (χ2v) is 4.80. The first-order valence-electron chi connectivity index (χ1n) is 7.05. The molecule has 24 heavy (non-hydrogen) atoms. The van der Waals surface area contributed by atoms with E-state index in [0.29, 0.717) is 11.5 Å². The largest absolute Gasteiger partial charge is 0.457 e. The highest BCUT2D eigenvalue weighted by Gasteiger charge is 2.13. The Hall–Kier alpha value is -3.61. The minimum absolute atomic E-state index is 0.00623. The summed E-state index contributed by atoms with van der Waals surface area (Å²) in [5.74, 6) is 1.12. The maximum atomic E-state index is 11.4. The Morgan fingerprint density at radius 3 is 2.08 bits per heavy atom. The molecule has 3 aromatic rings. The molecule has 7 nitrogen and oxygen atoms in total. The van der Waals surface area contributed by atoms with Gasteiger partial charge < -0.3 is 20.9 Å². The summed E-state index contributed by atoms with van der Waals surface area (Å²) >= 11 is 0. The van der Waals surface area contributed by atoms with Gasteiger partial charge in [-0.1, -0.05) is 18.2 Å². The van der Waals surface area contributed by atoms with Crippen molar-refractivity contribution in [2.75, 3.05) is 5.73 Å². The fourth-order valence-corrected chi connectivity index (χ4v) is 1.94. The van der Waals surface area contributed by atoms with Gasteiger partial charge in [0, 0.05) is 6.20 Å². The van der Waals surface area contributed by atoms with Crippen LogP contribution in [0.25, 0.3) is 0 Å². The zero-order valence-corrected chi connectivity index (χ0v) is 12.5. The van der Waals surface area contributed by atoms with Crippen molar-refractivity contribution in [3.63, 3.8) is 0 Å². The van der Waals surface area contributed by atoms with Gasteiger partial charge in [0.05, 0.1) is 0 Å². The molecule has 0 saturated carbocycles. The predicted octanol–water partition coefficient (Wildman–Crippen LogP) is 2.74. The summed E-state index contributed by atoms with van der Waals surface area (Å²) in [6.45, 7) is 0. The number of nitrogen functional groups attached to an aromatic ring is 1. The number of ether oxygens (including phenoxy) is 2. The summed E-state index contributed by atoms with van der Waals surface area (Å²) < 4.78 is 11.3. The molecule has 7 heteroatoms. The van der Waals surface area contributed by atoms with Gasteiger partial charge in [0.15, 0.2) is 0 Å².